The van der Waals surface area contributed by atoms with Crippen molar-refractivity contribution in [3.8, 4) is 11.4 Å². The Bertz CT molecular complexity index is 982. The van der Waals surface area contributed by atoms with Gasteiger partial charge in [-0.15, -0.1) is 10.2 Å². The average molecular weight is 396 g/mol. The van der Waals surface area contributed by atoms with E-state index in [2.05, 4.69) is 31.9 Å². The summed E-state index contributed by atoms with van der Waals surface area (Å²) in [6.45, 7) is 1.80. The van der Waals surface area contributed by atoms with Crippen LogP contribution in [-0.4, -0.2) is 49.4 Å². The Balaban J connectivity index is 1.38. The van der Waals surface area contributed by atoms with E-state index >= 15 is 0 Å². The summed E-state index contributed by atoms with van der Waals surface area (Å²) in [6, 6.07) is 8.72. The lowest BCUT2D eigenvalue weighted by atomic mass is 10.1. The number of aromatic nitrogens is 4. The predicted molar refractivity (Wildman–Crippen MR) is 111 cm³/mol. The van der Waals surface area contributed by atoms with E-state index in [9.17, 15) is 4.79 Å². The molecule has 2 aliphatic rings. The van der Waals surface area contributed by atoms with Crippen LogP contribution in [0.25, 0.3) is 22.3 Å². The van der Waals surface area contributed by atoms with Crippen LogP contribution < -0.4 is 0 Å². The molecule has 0 radical (unpaired) electrons. The maximum absolute atomic E-state index is 12.7. The van der Waals surface area contributed by atoms with Crippen LogP contribution in [0.5, 0.6) is 0 Å². The summed E-state index contributed by atoms with van der Waals surface area (Å²) in [5.74, 6) is 1.58. The minimum atomic E-state index is 0.228. The first-order chi connectivity index (χ1) is 13.8. The Morgan fingerprint density at radius 3 is 2.68 bits per heavy atom. The summed E-state index contributed by atoms with van der Waals surface area (Å²) in [5, 5.41) is 11.0. The number of hydrogen-bond acceptors (Lipinski definition) is 4. The van der Waals surface area contributed by atoms with Crippen LogP contribution in [0, 0.1) is 0 Å². The fraction of sp³-hybridized carbons (Fsp3) is 0.476. The van der Waals surface area contributed by atoms with E-state index in [-0.39, 0.29) is 5.91 Å². The molecule has 0 atom stereocenters. The van der Waals surface area contributed by atoms with Crippen LogP contribution in [-0.2, 0) is 4.79 Å². The molecule has 3 aromatic rings. The fourth-order valence-corrected chi connectivity index (χ4v) is 4.92. The highest BCUT2D eigenvalue weighted by Crippen LogP contribution is 2.42. The molecule has 28 heavy (non-hydrogen) atoms. The Morgan fingerprint density at radius 1 is 1.11 bits per heavy atom. The standard InChI is InChI=1S/C21H25N5OS/c27-19(25-11-5-1-2-6-12-25)14-28-21-24-23-20(26(21)15-9-10-15)17-13-22-18-8-4-3-7-16(17)18/h3-4,7-8,13,15,22H,1-2,5-6,9-12,14H2. The molecule has 1 saturated heterocycles. The number of fused-ring (bicyclic) bond motifs is 1. The van der Waals surface area contributed by atoms with Crippen molar-refractivity contribution < 1.29 is 4.79 Å². The molecule has 2 aromatic heterocycles. The molecule has 6 nitrogen and oxygen atoms in total. The minimum Gasteiger partial charge on any atom is -0.360 e. The number of carbonyl (C=O) groups excluding carboxylic acids is 1. The topological polar surface area (TPSA) is 66.8 Å². The highest BCUT2D eigenvalue weighted by molar-refractivity contribution is 7.99. The van der Waals surface area contributed by atoms with Crippen LogP contribution >= 0.6 is 11.8 Å². The molecular formula is C21H25N5OS. The molecule has 7 heteroatoms. The Labute approximate surface area is 168 Å². The normalized spacial score (nSPS) is 17.8. The molecule has 1 aromatic carbocycles. The zero-order chi connectivity index (χ0) is 18.9. The van der Waals surface area contributed by atoms with Gasteiger partial charge >= 0.3 is 0 Å². The van der Waals surface area contributed by atoms with Gasteiger partial charge in [0, 0.05) is 41.8 Å². The van der Waals surface area contributed by atoms with E-state index in [1.165, 1.54) is 24.6 Å². The van der Waals surface area contributed by atoms with Crippen molar-refractivity contribution in [2.45, 2.75) is 49.7 Å². The van der Waals surface area contributed by atoms with E-state index in [0.717, 1.165) is 66.2 Å². The van der Waals surface area contributed by atoms with Crippen molar-refractivity contribution in [3.63, 3.8) is 0 Å². The van der Waals surface area contributed by atoms with Gasteiger partial charge in [-0.1, -0.05) is 42.8 Å². The second kappa shape index (κ2) is 7.62. The number of carbonyl (C=O) groups is 1. The zero-order valence-electron chi connectivity index (χ0n) is 15.9. The highest BCUT2D eigenvalue weighted by Gasteiger charge is 2.31. The number of benzene rings is 1. The summed E-state index contributed by atoms with van der Waals surface area (Å²) >= 11 is 1.54. The molecule has 1 aliphatic heterocycles. The van der Waals surface area contributed by atoms with E-state index in [4.69, 9.17) is 0 Å². The smallest absolute Gasteiger partial charge is 0.233 e. The molecule has 2 fully saturated rings. The van der Waals surface area contributed by atoms with Crippen molar-refractivity contribution in [3.05, 3.63) is 30.5 Å². The number of aromatic amines is 1. The Hall–Kier alpha value is -2.28. The maximum atomic E-state index is 12.7. The van der Waals surface area contributed by atoms with E-state index in [1.807, 2.05) is 23.2 Å². The van der Waals surface area contributed by atoms with Crippen molar-refractivity contribution in [2.24, 2.45) is 0 Å². The number of amides is 1. The molecule has 0 bridgehead atoms. The monoisotopic (exact) mass is 395 g/mol. The summed E-state index contributed by atoms with van der Waals surface area (Å²) in [4.78, 5) is 18.0. The van der Waals surface area contributed by atoms with E-state index < -0.39 is 0 Å². The van der Waals surface area contributed by atoms with Crippen molar-refractivity contribution in [2.75, 3.05) is 18.8 Å². The first kappa shape index (κ1) is 17.8. The fourth-order valence-electron chi connectivity index (χ4n) is 4.02. The second-order valence-corrected chi connectivity index (χ2v) is 8.68. The Kier molecular flexibility index (Phi) is 4.84. The van der Waals surface area contributed by atoms with Gasteiger partial charge in [-0.25, -0.2) is 0 Å². The van der Waals surface area contributed by atoms with Crippen LogP contribution in [0.3, 0.4) is 0 Å². The zero-order valence-corrected chi connectivity index (χ0v) is 16.7. The van der Waals surface area contributed by atoms with Gasteiger partial charge in [0.05, 0.1) is 5.75 Å². The highest BCUT2D eigenvalue weighted by atomic mass is 32.2. The van der Waals surface area contributed by atoms with Gasteiger partial charge < -0.3 is 9.88 Å². The SMILES string of the molecule is O=C(CSc1nnc(-c2c[nH]c3ccccc23)n1C1CC1)N1CCCCCC1. The van der Waals surface area contributed by atoms with Crippen LogP contribution in [0.15, 0.2) is 35.6 Å². The van der Waals surface area contributed by atoms with Crippen molar-refractivity contribution >= 4 is 28.6 Å². The Morgan fingerprint density at radius 2 is 1.89 bits per heavy atom. The molecular weight excluding hydrogens is 370 g/mol. The summed E-state index contributed by atoms with van der Waals surface area (Å²) in [6.07, 6.45) is 9.05. The van der Waals surface area contributed by atoms with Gasteiger partial charge in [-0.05, 0) is 31.7 Å². The number of nitrogens with one attached hydrogen (secondary N) is 1. The van der Waals surface area contributed by atoms with Gasteiger partial charge in [0.1, 0.15) is 0 Å². The lowest BCUT2D eigenvalue weighted by Crippen LogP contribution is -2.33. The van der Waals surface area contributed by atoms with Crippen LogP contribution in [0.1, 0.15) is 44.6 Å². The van der Waals surface area contributed by atoms with Gasteiger partial charge in [-0.2, -0.15) is 0 Å². The number of rotatable bonds is 5. The first-order valence-electron chi connectivity index (χ1n) is 10.2. The summed E-state index contributed by atoms with van der Waals surface area (Å²) in [7, 11) is 0. The molecule has 5 rings (SSSR count). The largest absolute Gasteiger partial charge is 0.360 e. The number of H-pyrrole nitrogens is 1. The maximum Gasteiger partial charge on any atom is 0.233 e. The summed E-state index contributed by atoms with van der Waals surface area (Å²) in [5.41, 5.74) is 2.19. The third kappa shape index (κ3) is 3.43. The molecule has 146 valence electrons. The predicted octanol–water partition coefficient (Wildman–Crippen LogP) is 4.26. The third-order valence-corrected chi connectivity index (χ3v) is 6.62. The van der Waals surface area contributed by atoms with Gasteiger partial charge in [0.25, 0.3) is 0 Å². The molecule has 0 unspecified atom stereocenters. The van der Waals surface area contributed by atoms with Gasteiger partial charge in [0.15, 0.2) is 11.0 Å². The number of thioether (sulfide) groups is 1. The van der Waals surface area contributed by atoms with Gasteiger partial charge in [-0.3, -0.25) is 9.36 Å². The number of hydrogen-bond donors (Lipinski definition) is 1. The number of nitrogens with zero attached hydrogens (tertiary/aromatic N) is 4. The second-order valence-electron chi connectivity index (χ2n) is 7.74. The quantitative estimate of drug-likeness (QED) is 0.656. The van der Waals surface area contributed by atoms with Gasteiger partial charge in [0.2, 0.25) is 5.91 Å². The molecule has 1 aliphatic carbocycles. The lowest BCUT2D eigenvalue weighted by molar-refractivity contribution is -0.128. The molecule has 3 heterocycles. The van der Waals surface area contributed by atoms with E-state index in [1.54, 1.807) is 0 Å². The van der Waals surface area contributed by atoms with Crippen LogP contribution in [0.2, 0.25) is 0 Å². The molecule has 1 saturated carbocycles. The van der Waals surface area contributed by atoms with E-state index in [0.29, 0.717) is 11.8 Å². The number of para-hydroxylation sites is 1. The van der Waals surface area contributed by atoms with Crippen molar-refractivity contribution in [1.82, 2.24) is 24.6 Å². The minimum absolute atomic E-state index is 0.228. The summed E-state index contributed by atoms with van der Waals surface area (Å²) < 4.78 is 2.25. The molecule has 0 spiro atoms. The molecule has 1 amide bonds. The van der Waals surface area contributed by atoms with Crippen LogP contribution in [0.4, 0.5) is 0 Å². The average Bonchev–Trinajstić information content (AvgIpc) is 3.42. The third-order valence-electron chi connectivity index (χ3n) is 5.69. The van der Waals surface area contributed by atoms with Crippen molar-refractivity contribution in [1.29, 1.82) is 0 Å². The first-order valence-corrected chi connectivity index (χ1v) is 11.2. The number of likely N-dealkylation sites (tertiary alicyclic amines) is 1. The molecule has 1 N–H and O–H groups in total. The lowest BCUT2D eigenvalue weighted by Gasteiger charge is -2.19.